The van der Waals surface area contributed by atoms with Gasteiger partial charge in [0.2, 0.25) is 0 Å². The van der Waals surface area contributed by atoms with Crippen LogP contribution in [0.3, 0.4) is 0 Å². The lowest BCUT2D eigenvalue weighted by molar-refractivity contribution is -0.0212. The standard InChI is InChI=1S/C25H34N4O2.HI/c1-4-13-31-24-11-6-5-10-23(24)17-28-25(26-3)27-16-21-8-7-9-22(15-21)19-29-12-14-30-20(2)18-29;/h4-11,15,20H,1,12-14,16-19H2,2-3H3,(H2,26,27,28);1H. The van der Waals surface area contributed by atoms with E-state index >= 15 is 0 Å². The van der Waals surface area contributed by atoms with Crippen molar-refractivity contribution in [3.05, 3.63) is 77.9 Å². The number of aliphatic imine (C=N–C) groups is 1. The summed E-state index contributed by atoms with van der Waals surface area (Å²) >= 11 is 0. The highest BCUT2D eigenvalue weighted by Crippen LogP contribution is 2.17. The highest BCUT2D eigenvalue weighted by molar-refractivity contribution is 14.0. The van der Waals surface area contributed by atoms with E-state index in [9.17, 15) is 0 Å². The van der Waals surface area contributed by atoms with Crippen molar-refractivity contribution < 1.29 is 9.47 Å². The maximum absolute atomic E-state index is 5.73. The van der Waals surface area contributed by atoms with Gasteiger partial charge in [0, 0.05) is 45.3 Å². The van der Waals surface area contributed by atoms with Gasteiger partial charge in [0.1, 0.15) is 12.4 Å². The van der Waals surface area contributed by atoms with E-state index in [0.717, 1.165) is 43.5 Å². The van der Waals surface area contributed by atoms with Gasteiger partial charge in [-0.05, 0) is 24.1 Å². The Kier molecular flexibility index (Phi) is 11.5. The van der Waals surface area contributed by atoms with Gasteiger partial charge in [-0.15, -0.1) is 24.0 Å². The van der Waals surface area contributed by atoms with Crippen LogP contribution in [-0.2, 0) is 24.4 Å². The molecule has 0 spiro atoms. The summed E-state index contributed by atoms with van der Waals surface area (Å²) in [5, 5.41) is 6.77. The van der Waals surface area contributed by atoms with E-state index in [-0.39, 0.29) is 24.0 Å². The lowest BCUT2D eigenvalue weighted by Gasteiger charge is -2.31. The summed E-state index contributed by atoms with van der Waals surface area (Å²) in [7, 11) is 1.78. The lowest BCUT2D eigenvalue weighted by Crippen LogP contribution is -2.40. The molecule has 0 saturated carbocycles. The Bertz CT molecular complexity index is 875. The number of hydrogen-bond acceptors (Lipinski definition) is 4. The molecule has 1 heterocycles. The van der Waals surface area contributed by atoms with Gasteiger partial charge >= 0.3 is 0 Å². The SMILES string of the molecule is C=CCOc1ccccc1CNC(=NC)NCc1cccc(CN2CCOC(C)C2)c1.I. The van der Waals surface area contributed by atoms with Gasteiger partial charge in [0.15, 0.2) is 5.96 Å². The van der Waals surface area contributed by atoms with Crippen LogP contribution in [0, 0.1) is 0 Å². The number of guanidine groups is 1. The normalized spacial score (nSPS) is 16.7. The Labute approximate surface area is 209 Å². The Morgan fingerprint density at radius 3 is 2.75 bits per heavy atom. The molecule has 32 heavy (non-hydrogen) atoms. The molecule has 174 valence electrons. The van der Waals surface area contributed by atoms with E-state index in [4.69, 9.17) is 9.47 Å². The number of ether oxygens (including phenoxy) is 2. The maximum Gasteiger partial charge on any atom is 0.191 e. The fourth-order valence-corrected chi connectivity index (χ4v) is 3.66. The Balaban J connectivity index is 0.00000363. The topological polar surface area (TPSA) is 58.1 Å². The first-order valence-corrected chi connectivity index (χ1v) is 10.9. The molecule has 1 atom stereocenters. The van der Waals surface area contributed by atoms with Crippen molar-refractivity contribution in [2.75, 3.05) is 33.4 Å². The van der Waals surface area contributed by atoms with E-state index in [1.807, 2.05) is 18.2 Å². The molecule has 0 aliphatic carbocycles. The molecule has 0 amide bonds. The van der Waals surface area contributed by atoms with Crippen molar-refractivity contribution in [1.82, 2.24) is 15.5 Å². The number of benzene rings is 2. The van der Waals surface area contributed by atoms with Gasteiger partial charge in [0.25, 0.3) is 0 Å². The molecule has 0 bridgehead atoms. The summed E-state index contributed by atoms with van der Waals surface area (Å²) in [6.07, 6.45) is 2.05. The van der Waals surface area contributed by atoms with Crippen LogP contribution in [-0.4, -0.2) is 50.3 Å². The minimum absolute atomic E-state index is 0. The predicted octanol–water partition coefficient (Wildman–Crippen LogP) is 3.96. The van der Waals surface area contributed by atoms with E-state index < -0.39 is 0 Å². The van der Waals surface area contributed by atoms with E-state index in [1.54, 1.807) is 13.1 Å². The van der Waals surface area contributed by atoms with Crippen LogP contribution in [0.1, 0.15) is 23.6 Å². The average molecular weight is 550 g/mol. The molecule has 6 nitrogen and oxygen atoms in total. The fraction of sp³-hybridized carbons (Fsp3) is 0.400. The molecule has 1 aliphatic rings. The summed E-state index contributed by atoms with van der Waals surface area (Å²) in [4.78, 5) is 6.80. The molecule has 3 rings (SSSR count). The molecule has 0 aromatic heterocycles. The molecule has 1 unspecified atom stereocenters. The third-order valence-electron chi connectivity index (χ3n) is 5.18. The van der Waals surface area contributed by atoms with Crippen LogP contribution in [0.4, 0.5) is 0 Å². The highest BCUT2D eigenvalue weighted by atomic mass is 127. The molecule has 1 saturated heterocycles. The number of para-hydroxylation sites is 1. The third kappa shape index (κ3) is 8.44. The number of rotatable bonds is 9. The largest absolute Gasteiger partial charge is 0.489 e. The molecule has 2 aromatic rings. The number of morpholine rings is 1. The second-order valence-electron chi connectivity index (χ2n) is 7.72. The average Bonchev–Trinajstić information content (AvgIpc) is 2.79. The number of halogens is 1. The van der Waals surface area contributed by atoms with Crippen LogP contribution >= 0.6 is 24.0 Å². The molecular weight excluding hydrogens is 515 g/mol. The monoisotopic (exact) mass is 550 g/mol. The van der Waals surface area contributed by atoms with Crippen LogP contribution in [0.5, 0.6) is 5.75 Å². The van der Waals surface area contributed by atoms with Gasteiger partial charge in [-0.1, -0.05) is 55.1 Å². The fourth-order valence-electron chi connectivity index (χ4n) is 3.66. The zero-order chi connectivity index (χ0) is 21.9. The summed E-state index contributed by atoms with van der Waals surface area (Å²) in [6.45, 7) is 11.4. The molecule has 1 fully saturated rings. The van der Waals surface area contributed by atoms with Crippen LogP contribution in [0.15, 0.2) is 66.2 Å². The first-order chi connectivity index (χ1) is 15.2. The van der Waals surface area contributed by atoms with Crippen LogP contribution in [0.25, 0.3) is 0 Å². The molecular formula is C25H35IN4O2. The van der Waals surface area contributed by atoms with Crippen molar-refractivity contribution in [2.45, 2.75) is 32.7 Å². The third-order valence-corrected chi connectivity index (χ3v) is 5.18. The predicted molar refractivity (Wildman–Crippen MR) is 142 cm³/mol. The molecule has 0 radical (unpaired) electrons. The van der Waals surface area contributed by atoms with Crippen molar-refractivity contribution in [1.29, 1.82) is 0 Å². The number of nitrogens with one attached hydrogen (secondary N) is 2. The maximum atomic E-state index is 5.73. The molecule has 1 aliphatic heterocycles. The Hall–Kier alpha value is -2.10. The smallest absolute Gasteiger partial charge is 0.191 e. The molecule has 2 N–H and O–H groups in total. The van der Waals surface area contributed by atoms with Gasteiger partial charge < -0.3 is 20.1 Å². The van der Waals surface area contributed by atoms with E-state index in [1.165, 1.54) is 11.1 Å². The number of nitrogens with zero attached hydrogens (tertiary/aromatic N) is 2. The van der Waals surface area contributed by atoms with Crippen molar-refractivity contribution in [3.8, 4) is 5.75 Å². The summed E-state index contributed by atoms with van der Waals surface area (Å²) < 4.78 is 11.4. The van der Waals surface area contributed by atoms with Crippen LogP contribution in [0.2, 0.25) is 0 Å². The zero-order valence-electron chi connectivity index (χ0n) is 19.0. The zero-order valence-corrected chi connectivity index (χ0v) is 21.4. The highest BCUT2D eigenvalue weighted by Gasteiger charge is 2.16. The number of hydrogen-bond donors (Lipinski definition) is 2. The lowest BCUT2D eigenvalue weighted by atomic mass is 10.1. The van der Waals surface area contributed by atoms with Gasteiger partial charge in [-0.3, -0.25) is 9.89 Å². The quantitative estimate of drug-likeness (QED) is 0.214. The summed E-state index contributed by atoms with van der Waals surface area (Å²) in [5.74, 6) is 1.61. The Morgan fingerprint density at radius 2 is 1.97 bits per heavy atom. The second-order valence-corrected chi connectivity index (χ2v) is 7.72. The van der Waals surface area contributed by atoms with Crippen LogP contribution < -0.4 is 15.4 Å². The van der Waals surface area contributed by atoms with Gasteiger partial charge in [-0.2, -0.15) is 0 Å². The van der Waals surface area contributed by atoms with E-state index in [2.05, 4.69) is 64.4 Å². The minimum atomic E-state index is 0. The van der Waals surface area contributed by atoms with Gasteiger partial charge in [0.05, 0.1) is 12.7 Å². The first-order valence-electron chi connectivity index (χ1n) is 10.9. The van der Waals surface area contributed by atoms with Crippen molar-refractivity contribution in [2.24, 2.45) is 4.99 Å². The van der Waals surface area contributed by atoms with Crippen molar-refractivity contribution >= 4 is 29.9 Å². The Morgan fingerprint density at radius 1 is 1.19 bits per heavy atom. The molecule has 2 aromatic carbocycles. The molecule has 7 heteroatoms. The summed E-state index contributed by atoms with van der Waals surface area (Å²) in [5.41, 5.74) is 3.63. The summed E-state index contributed by atoms with van der Waals surface area (Å²) in [6, 6.07) is 16.7. The van der Waals surface area contributed by atoms with Crippen molar-refractivity contribution in [3.63, 3.8) is 0 Å². The second kappa shape index (κ2) is 14.1. The minimum Gasteiger partial charge on any atom is -0.489 e. The van der Waals surface area contributed by atoms with E-state index in [0.29, 0.717) is 25.8 Å². The first kappa shape index (κ1) is 26.2. The van der Waals surface area contributed by atoms with Gasteiger partial charge in [-0.25, -0.2) is 0 Å².